The van der Waals surface area contributed by atoms with Gasteiger partial charge in [0.25, 0.3) is 0 Å². The summed E-state index contributed by atoms with van der Waals surface area (Å²) in [4.78, 5) is 21.7. The van der Waals surface area contributed by atoms with Crippen molar-refractivity contribution in [3.63, 3.8) is 0 Å². The molecule has 0 aliphatic carbocycles. The highest BCUT2D eigenvalue weighted by atomic mass is 35.5. The van der Waals surface area contributed by atoms with Crippen molar-refractivity contribution in [1.82, 2.24) is 14.7 Å². The second kappa shape index (κ2) is 9.69. The lowest BCUT2D eigenvalue weighted by Gasteiger charge is -2.38. The fraction of sp³-hybridized carbons (Fsp3) is 0.435. The topological polar surface area (TPSA) is 50.3 Å². The monoisotopic (exact) mass is 428 g/mol. The number of rotatable bonds is 5. The lowest BCUT2D eigenvalue weighted by atomic mass is 10.2. The number of benzene rings is 2. The van der Waals surface area contributed by atoms with Gasteiger partial charge < -0.3 is 14.9 Å². The van der Waals surface area contributed by atoms with Crippen molar-refractivity contribution in [3.05, 3.63) is 59.1 Å². The first-order valence-electron chi connectivity index (χ1n) is 10.6. The normalized spacial score (nSPS) is 18.6. The van der Waals surface area contributed by atoms with Crippen LogP contribution in [0.4, 0.5) is 5.69 Å². The molecule has 2 heterocycles. The van der Waals surface area contributed by atoms with E-state index in [-0.39, 0.29) is 11.7 Å². The summed E-state index contributed by atoms with van der Waals surface area (Å²) in [5.41, 5.74) is 2.34. The third kappa shape index (κ3) is 5.45. The predicted molar refractivity (Wildman–Crippen MR) is 120 cm³/mol. The maximum absolute atomic E-state index is 12.8. The highest BCUT2D eigenvalue weighted by molar-refractivity contribution is 6.30. The molecule has 7 heteroatoms. The third-order valence-corrected chi connectivity index (χ3v) is 6.20. The quantitative estimate of drug-likeness (QED) is 0.793. The average molecular weight is 429 g/mol. The zero-order valence-electron chi connectivity index (χ0n) is 17.2. The first-order valence-corrected chi connectivity index (χ1v) is 11.0. The minimum atomic E-state index is 0.232. The van der Waals surface area contributed by atoms with Crippen LogP contribution in [0.1, 0.15) is 5.56 Å². The lowest BCUT2D eigenvalue weighted by Crippen LogP contribution is -2.53. The van der Waals surface area contributed by atoms with Crippen molar-refractivity contribution >= 4 is 23.2 Å². The minimum absolute atomic E-state index is 0.232. The maximum Gasteiger partial charge on any atom is 0.236 e. The van der Waals surface area contributed by atoms with Gasteiger partial charge in [0.05, 0.1) is 6.54 Å². The first-order chi connectivity index (χ1) is 14.6. The summed E-state index contributed by atoms with van der Waals surface area (Å²) in [5, 5.41) is 10.2. The highest BCUT2D eigenvalue weighted by Crippen LogP contribution is 2.20. The van der Waals surface area contributed by atoms with E-state index in [9.17, 15) is 9.90 Å². The summed E-state index contributed by atoms with van der Waals surface area (Å²) in [6.45, 7) is 8.28. The number of hydrogen-bond donors (Lipinski definition) is 1. The van der Waals surface area contributed by atoms with Crippen molar-refractivity contribution in [2.75, 3.05) is 63.8 Å². The van der Waals surface area contributed by atoms with E-state index in [1.807, 2.05) is 35.2 Å². The highest BCUT2D eigenvalue weighted by Gasteiger charge is 2.25. The number of phenols is 1. The summed E-state index contributed by atoms with van der Waals surface area (Å²) in [7, 11) is 0. The van der Waals surface area contributed by atoms with E-state index < -0.39 is 0 Å². The third-order valence-electron chi connectivity index (χ3n) is 5.97. The molecular weight excluding hydrogens is 400 g/mol. The van der Waals surface area contributed by atoms with Crippen LogP contribution < -0.4 is 4.90 Å². The number of aromatic hydroxyl groups is 1. The molecule has 0 saturated carbocycles. The molecule has 0 unspecified atom stereocenters. The smallest absolute Gasteiger partial charge is 0.236 e. The molecule has 2 aliphatic rings. The molecule has 4 rings (SSSR count). The number of carbonyl (C=O) groups is 1. The Morgan fingerprint density at radius 3 is 2.20 bits per heavy atom. The Kier molecular flexibility index (Phi) is 6.77. The van der Waals surface area contributed by atoms with E-state index in [0.717, 1.165) is 69.6 Å². The van der Waals surface area contributed by atoms with E-state index in [1.54, 1.807) is 12.1 Å². The van der Waals surface area contributed by atoms with Gasteiger partial charge in [-0.15, -0.1) is 0 Å². The first kappa shape index (κ1) is 21.0. The second-order valence-electron chi connectivity index (χ2n) is 8.07. The van der Waals surface area contributed by atoms with Crippen LogP contribution in [0, 0.1) is 0 Å². The zero-order valence-corrected chi connectivity index (χ0v) is 18.0. The number of nitrogens with zero attached hydrogens (tertiary/aromatic N) is 4. The SMILES string of the molecule is O=C(CN1CCN(c2ccc(O)cc2)CC1)N1CCN(Cc2cccc(Cl)c2)CC1. The summed E-state index contributed by atoms with van der Waals surface area (Å²) in [6.07, 6.45) is 0. The summed E-state index contributed by atoms with van der Waals surface area (Å²) < 4.78 is 0. The van der Waals surface area contributed by atoms with E-state index in [4.69, 9.17) is 11.6 Å². The van der Waals surface area contributed by atoms with Gasteiger partial charge in [-0.3, -0.25) is 14.6 Å². The van der Waals surface area contributed by atoms with Crippen molar-refractivity contribution in [2.24, 2.45) is 0 Å². The Labute approximate surface area is 183 Å². The van der Waals surface area contributed by atoms with E-state index in [0.29, 0.717) is 6.54 Å². The molecule has 160 valence electrons. The Balaban J connectivity index is 1.19. The predicted octanol–water partition coefficient (Wildman–Crippen LogP) is 2.51. The molecule has 2 aliphatic heterocycles. The van der Waals surface area contributed by atoms with Crippen LogP contribution in [0.5, 0.6) is 5.75 Å². The molecule has 2 aromatic rings. The number of halogens is 1. The lowest BCUT2D eigenvalue weighted by molar-refractivity contribution is -0.134. The van der Waals surface area contributed by atoms with E-state index >= 15 is 0 Å². The zero-order chi connectivity index (χ0) is 20.9. The molecule has 0 spiro atoms. The number of amides is 1. The van der Waals surface area contributed by atoms with Crippen LogP contribution in [-0.4, -0.2) is 84.6 Å². The molecule has 2 aromatic carbocycles. The molecule has 6 nitrogen and oxygen atoms in total. The van der Waals surface area contributed by atoms with Crippen LogP contribution in [0.15, 0.2) is 48.5 Å². The number of hydrogen-bond acceptors (Lipinski definition) is 5. The Bertz CT molecular complexity index is 845. The van der Waals surface area contributed by atoms with Crippen molar-refractivity contribution in [1.29, 1.82) is 0 Å². The Hall–Kier alpha value is -2.28. The molecule has 2 saturated heterocycles. The Morgan fingerprint density at radius 1 is 0.867 bits per heavy atom. The van der Waals surface area contributed by atoms with Gasteiger partial charge in [-0.1, -0.05) is 23.7 Å². The fourth-order valence-corrected chi connectivity index (χ4v) is 4.38. The van der Waals surface area contributed by atoms with Crippen LogP contribution in [0.25, 0.3) is 0 Å². The molecular formula is C23H29ClN4O2. The van der Waals surface area contributed by atoms with E-state index in [2.05, 4.69) is 20.8 Å². The van der Waals surface area contributed by atoms with E-state index in [1.165, 1.54) is 5.56 Å². The Morgan fingerprint density at radius 2 is 1.53 bits per heavy atom. The van der Waals surface area contributed by atoms with Gasteiger partial charge in [-0.2, -0.15) is 0 Å². The second-order valence-corrected chi connectivity index (χ2v) is 8.50. The number of anilines is 1. The number of piperazine rings is 2. The molecule has 0 radical (unpaired) electrons. The molecule has 0 atom stereocenters. The number of phenolic OH excluding ortho intramolecular Hbond substituents is 1. The van der Waals surface area contributed by atoms with Crippen LogP contribution in [0.3, 0.4) is 0 Å². The molecule has 1 N–H and O–H groups in total. The standard InChI is InChI=1S/C23H29ClN4O2/c24-20-3-1-2-19(16-20)17-25-10-14-28(15-11-25)23(30)18-26-8-12-27(13-9-26)21-4-6-22(29)7-5-21/h1-7,16,29H,8-15,17-18H2. The summed E-state index contributed by atoms with van der Waals surface area (Å²) in [6, 6.07) is 15.3. The molecule has 0 bridgehead atoms. The van der Waals surface area contributed by atoms with Gasteiger partial charge in [-0.05, 0) is 42.0 Å². The molecule has 2 fully saturated rings. The largest absolute Gasteiger partial charge is 0.508 e. The minimum Gasteiger partial charge on any atom is -0.508 e. The molecule has 0 aromatic heterocycles. The average Bonchev–Trinajstić information content (AvgIpc) is 2.75. The van der Waals surface area contributed by atoms with Gasteiger partial charge in [-0.25, -0.2) is 0 Å². The van der Waals surface area contributed by atoms with Gasteiger partial charge in [0.15, 0.2) is 0 Å². The van der Waals surface area contributed by atoms with Crippen molar-refractivity contribution in [2.45, 2.75) is 6.54 Å². The van der Waals surface area contributed by atoms with Crippen LogP contribution >= 0.6 is 11.6 Å². The summed E-state index contributed by atoms with van der Waals surface area (Å²) >= 11 is 6.08. The van der Waals surface area contributed by atoms with Crippen LogP contribution in [0.2, 0.25) is 5.02 Å². The van der Waals surface area contributed by atoms with Gasteiger partial charge in [0, 0.05) is 69.6 Å². The van der Waals surface area contributed by atoms with Gasteiger partial charge >= 0.3 is 0 Å². The molecule has 30 heavy (non-hydrogen) atoms. The van der Waals surface area contributed by atoms with Gasteiger partial charge in [0.2, 0.25) is 5.91 Å². The van der Waals surface area contributed by atoms with Crippen LogP contribution in [-0.2, 0) is 11.3 Å². The van der Waals surface area contributed by atoms with Crippen molar-refractivity contribution < 1.29 is 9.90 Å². The maximum atomic E-state index is 12.8. The fourth-order valence-electron chi connectivity index (χ4n) is 4.17. The van der Waals surface area contributed by atoms with Crippen molar-refractivity contribution in [3.8, 4) is 5.75 Å². The van der Waals surface area contributed by atoms with Gasteiger partial charge in [0.1, 0.15) is 5.75 Å². The number of carbonyl (C=O) groups excluding carboxylic acids is 1. The molecule has 1 amide bonds. The summed E-state index contributed by atoms with van der Waals surface area (Å²) in [5.74, 6) is 0.520.